The highest BCUT2D eigenvalue weighted by Gasteiger charge is 2.31. The Morgan fingerprint density at radius 1 is 1.53 bits per heavy atom. The van der Waals surface area contributed by atoms with E-state index in [1.807, 2.05) is 13.0 Å². The Morgan fingerprint density at radius 3 is 2.89 bits per heavy atom. The average molecular weight is 263 g/mol. The fourth-order valence-electron chi connectivity index (χ4n) is 2.50. The zero-order valence-electron chi connectivity index (χ0n) is 11.5. The Bertz CT molecular complexity index is 433. The first kappa shape index (κ1) is 13.7. The number of nitrogens with zero attached hydrogens (tertiary/aromatic N) is 3. The van der Waals surface area contributed by atoms with E-state index in [9.17, 15) is 4.79 Å². The third-order valence-corrected chi connectivity index (χ3v) is 3.64. The maximum absolute atomic E-state index is 11.6. The van der Waals surface area contributed by atoms with Crippen molar-refractivity contribution in [3.05, 3.63) is 17.8 Å². The first-order valence-corrected chi connectivity index (χ1v) is 6.76. The molecule has 3 N–H and O–H groups in total. The molecule has 0 aliphatic carbocycles. The molecule has 1 fully saturated rings. The molecule has 0 aromatic carbocycles. The number of nitrogens with one attached hydrogen (secondary N) is 1. The van der Waals surface area contributed by atoms with Crippen LogP contribution in [0.4, 0.5) is 5.82 Å². The fraction of sp³-hybridized carbons (Fsp3) is 0.615. The number of amides is 1. The third-order valence-electron chi connectivity index (χ3n) is 3.64. The van der Waals surface area contributed by atoms with E-state index in [4.69, 9.17) is 5.73 Å². The van der Waals surface area contributed by atoms with Crippen LogP contribution in [0.1, 0.15) is 30.8 Å². The van der Waals surface area contributed by atoms with Crippen molar-refractivity contribution >= 4 is 11.7 Å². The minimum Gasteiger partial charge on any atom is -0.351 e. The third kappa shape index (κ3) is 2.84. The zero-order valence-corrected chi connectivity index (χ0v) is 11.5. The molecule has 6 heteroatoms. The molecule has 1 amide bonds. The molecule has 6 nitrogen and oxygen atoms in total. The molecule has 2 unspecified atom stereocenters. The minimum atomic E-state index is -0.188. The average Bonchev–Trinajstić information content (AvgIpc) is 2.80. The van der Waals surface area contributed by atoms with Crippen molar-refractivity contribution in [1.82, 2.24) is 15.5 Å². The first-order chi connectivity index (χ1) is 9.17. The second-order valence-corrected chi connectivity index (χ2v) is 4.90. The van der Waals surface area contributed by atoms with Gasteiger partial charge in [-0.2, -0.15) is 0 Å². The van der Waals surface area contributed by atoms with Crippen molar-refractivity contribution in [3.63, 3.8) is 0 Å². The van der Waals surface area contributed by atoms with Gasteiger partial charge >= 0.3 is 0 Å². The lowest BCUT2D eigenvalue weighted by atomic mass is 10.0. The molecule has 1 aromatic heterocycles. The van der Waals surface area contributed by atoms with Crippen LogP contribution < -0.4 is 16.0 Å². The predicted molar refractivity (Wildman–Crippen MR) is 74.0 cm³/mol. The molecule has 104 valence electrons. The summed E-state index contributed by atoms with van der Waals surface area (Å²) in [7, 11) is 0. The molecule has 2 rings (SSSR count). The first-order valence-electron chi connectivity index (χ1n) is 6.76. The zero-order chi connectivity index (χ0) is 13.8. The van der Waals surface area contributed by atoms with E-state index in [0.717, 1.165) is 18.8 Å². The van der Waals surface area contributed by atoms with Crippen molar-refractivity contribution in [3.8, 4) is 0 Å². The highest BCUT2D eigenvalue weighted by Crippen LogP contribution is 2.27. The molecule has 0 radical (unpaired) electrons. The normalized spacial score (nSPS) is 22.6. The van der Waals surface area contributed by atoms with Gasteiger partial charge in [-0.15, -0.1) is 10.2 Å². The van der Waals surface area contributed by atoms with E-state index in [1.54, 1.807) is 6.07 Å². The van der Waals surface area contributed by atoms with Gasteiger partial charge in [-0.25, -0.2) is 0 Å². The lowest BCUT2D eigenvalue weighted by Gasteiger charge is -2.26. The van der Waals surface area contributed by atoms with Crippen molar-refractivity contribution < 1.29 is 4.79 Å². The number of aromatic nitrogens is 2. The summed E-state index contributed by atoms with van der Waals surface area (Å²) in [6.07, 6.45) is 1.11. The fourth-order valence-corrected chi connectivity index (χ4v) is 2.50. The van der Waals surface area contributed by atoms with Gasteiger partial charge in [-0.05, 0) is 31.4 Å². The molecule has 0 saturated carbocycles. The molecule has 2 atom stereocenters. The smallest absolute Gasteiger partial charge is 0.271 e. The molecular formula is C13H21N5O. The highest BCUT2D eigenvalue weighted by molar-refractivity contribution is 5.92. The van der Waals surface area contributed by atoms with Crippen LogP contribution in [0.2, 0.25) is 0 Å². The van der Waals surface area contributed by atoms with Crippen molar-refractivity contribution in [1.29, 1.82) is 0 Å². The number of carbonyl (C=O) groups is 1. The van der Waals surface area contributed by atoms with Crippen molar-refractivity contribution in [2.45, 2.75) is 26.3 Å². The van der Waals surface area contributed by atoms with Gasteiger partial charge in [0.15, 0.2) is 11.5 Å². The molecule has 0 spiro atoms. The Hall–Kier alpha value is -1.69. The number of nitrogens with two attached hydrogens (primary N) is 1. The van der Waals surface area contributed by atoms with Crippen molar-refractivity contribution in [2.75, 3.05) is 24.5 Å². The van der Waals surface area contributed by atoms with Crippen LogP contribution in [-0.2, 0) is 0 Å². The van der Waals surface area contributed by atoms with E-state index < -0.39 is 0 Å². The Morgan fingerprint density at radius 2 is 2.32 bits per heavy atom. The Labute approximate surface area is 113 Å². The SMILES string of the molecule is CCNC(=O)c1ccc(N2CCC(C)C2CN)nn1. The summed E-state index contributed by atoms with van der Waals surface area (Å²) in [5.74, 6) is 1.18. The number of anilines is 1. The van der Waals surface area contributed by atoms with Crippen LogP contribution in [0, 0.1) is 5.92 Å². The van der Waals surface area contributed by atoms with E-state index in [-0.39, 0.29) is 5.91 Å². The van der Waals surface area contributed by atoms with Crippen LogP contribution >= 0.6 is 0 Å². The van der Waals surface area contributed by atoms with Crippen LogP contribution in [0.25, 0.3) is 0 Å². The lowest BCUT2D eigenvalue weighted by molar-refractivity contribution is 0.0950. The second kappa shape index (κ2) is 5.97. The number of hydrogen-bond donors (Lipinski definition) is 2. The van der Waals surface area contributed by atoms with Gasteiger partial charge in [0.25, 0.3) is 5.91 Å². The molecule has 1 aliphatic rings. The Balaban J connectivity index is 2.12. The maximum atomic E-state index is 11.6. The van der Waals surface area contributed by atoms with E-state index in [0.29, 0.717) is 30.7 Å². The van der Waals surface area contributed by atoms with Gasteiger partial charge in [0.05, 0.1) is 0 Å². The largest absolute Gasteiger partial charge is 0.351 e. The summed E-state index contributed by atoms with van der Waals surface area (Å²) >= 11 is 0. The predicted octanol–water partition coefficient (Wildman–Crippen LogP) is 0.400. The standard InChI is InChI=1S/C13H21N5O/c1-3-15-13(19)10-4-5-12(17-16-10)18-7-6-9(2)11(18)8-14/h4-5,9,11H,3,6-8,14H2,1-2H3,(H,15,19). The molecule has 19 heavy (non-hydrogen) atoms. The Kier molecular flexibility index (Phi) is 4.31. The highest BCUT2D eigenvalue weighted by atomic mass is 16.1. The summed E-state index contributed by atoms with van der Waals surface area (Å²) in [4.78, 5) is 13.8. The number of hydrogen-bond acceptors (Lipinski definition) is 5. The van der Waals surface area contributed by atoms with Crippen LogP contribution in [0.3, 0.4) is 0 Å². The van der Waals surface area contributed by atoms with E-state index >= 15 is 0 Å². The van der Waals surface area contributed by atoms with E-state index in [2.05, 4.69) is 27.3 Å². The number of carbonyl (C=O) groups excluding carboxylic acids is 1. The molecule has 2 heterocycles. The van der Waals surface area contributed by atoms with Gasteiger partial charge < -0.3 is 16.0 Å². The minimum absolute atomic E-state index is 0.188. The summed E-state index contributed by atoms with van der Waals surface area (Å²) in [6.45, 7) is 6.21. The molecule has 1 aromatic rings. The van der Waals surface area contributed by atoms with Gasteiger partial charge in [0.2, 0.25) is 0 Å². The van der Waals surface area contributed by atoms with Crippen LogP contribution in [0.5, 0.6) is 0 Å². The maximum Gasteiger partial charge on any atom is 0.271 e. The van der Waals surface area contributed by atoms with E-state index in [1.165, 1.54) is 0 Å². The van der Waals surface area contributed by atoms with Gasteiger partial charge in [-0.3, -0.25) is 4.79 Å². The lowest BCUT2D eigenvalue weighted by Crippen LogP contribution is -2.39. The molecular weight excluding hydrogens is 242 g/mol. The van der Waals surface area contributed by atoms with Gasteiger partial charge in [-0.1, -0.05) is 6.92 Å². The quantitative estimate of drug-likeness (QED) is 0.821. The number of rotatable bonds is 4. The van der Waals surface area contributed by atoms with Gasteiger partial charge in [0.1, 0.15) is 0 Å². The van der Waals surface area contributed by atoms with Gasteiger partial charge in [0, 0.05) is 25.7 Å². The van der Waals surface area contributed by atoms with Crippen molar-refractivity contribution in [2.24, 2.45) is 11.7 Å². The second-order valence-electron chi connectivity index (χ2n) is 4.90. The van der Waals surface area contributed by atoms with Crippen LogP contribution in [-0.4, -0.2) is 41.8 Å². The monoisotopic (exact) mass is 263 g/mol. The van der Waals surface area contributed by atoms with Crippen LogP contribution in [0.15, 0.2) is 12.1 Å². The summed E-state index contributed by atoms with van der Waals surface area (Å²) < 4.78 is 0. The molecule has 1 saturated heterocycles. The molecule has 1 aliphatic heterocycles. The summed E-state index contributed by atoms with van der Waals surface area (Å²) in [5.41, 5.74) is 6.16. The summed E-state index contributed by atoms with van der Waals surface area (Å²) in [6, 6.07) is 3.87. The summed E-state index contributed by atoms with van der Waals surface area (Å²) in [5, 5.41) is 10.9. The molecule has 0 bridgehead atoms. The topological polar surface area (TPSA) is 84.1 Å².